The molecular formula is C132H232O8. The maximum absolute atomic E-state index is 13.1. The van der Waals surface area contributed by atoms with Crippen molar-refractivity contribution >= 4 is 0 Å². The summed E-state index contributed by atoms with van der Waals surface area (Å²) in [7, 11) is 0. The first-order valence-electron chi connectivity index (χ1n) is 62.9. The molecule has 0 unspecified atom stereocenters. The van der Waals surface area contributed by atoms with Crippen LogP contribution in [0.4, 0.5) is 0 Å². The monoisotopic (exact) mass is 1950 g/mol. The van der Waals surface area contributed by atoms with Crippen LogP contribution in [-0.4, -0.2) is 40.9 Å². The van der Waals surface area contributed by atoms with E-state index in [-0.39, 0.29) is 46.0 Å². The predicted molar refractivity (Wildman–Crippen MR) is 611 cm³/mol. The smallest absolute Gasteiger partial charge is 0.123 e. The average Bonchev–Trinajstić information content (AvgIpc) is 0.752. The van der Waals surface area contributed by atoms with Crippen molar-refractivity contribution in [2.45, 2.75) is 670 Å². The largest absolute Gasteiger partial charge is 0.508 e. The first kappa shape index (κ1) is 126. The van der Waals surface area contributed by atoms with Crippen LogP contribution in [0, 0.1) is 23.7 Å². The summed E-state index contributed by atoms with van der Waals surface area (Å²) in [6, 6.07) is 14.4. The number of phenolic OH excluding ortho intramolecular Hbond substituents is 8. The summed E-state index contributed by atoms with van der Waals surface area (Å²) >= 11 is 0. The van der Waals surface area contributed by atoms with E-state index in [4.69, 9.17) is 0 Å². The van der Waals surface area contributed by atoms with E-state index in [0.29, 0.717) is 93.9 Å². The van der Waals surface area contributed by atoms with Gasteiger partial charge in [-0.15, -0.1) is 0 Å². The molecule has 0 saturated heterocycles. The molecule has 8 heteroatoms. The van der Waals surface area contributed by atoms with Gasteiger partial charge in [0.05, 0.1) is 0 Å². The third kappa shape index (κ3) is 56.4. The quantitative estimate of drug-likeness (QED) is 0.0203. The van der Waals surface area contributed by atoms with E-state index in [1.165, 1.54) is 514 Å². The van der Waals surface area contributed by atoms with Crippen molar-refractivity contribution in [3.63, 3.8) is 0 Å². The lowest BCUT2D eigenvalue weighted by molar-refractivity contribution is 0.360. The molecule has 8 bridgehead atoms. The second kappa shape index (κ2) is 85.2. The van der Waals surface area contributed by atoms with E-state index in [2.05, 4.69) is 55.4 Å². The van der Waals surface area contributed by atoms with Crippen molar-refractivity contribution in [2.75, 3.05) is 0 Å². The molecule has 1 aliphatic carbocycles. The van der Waals surface area contributed by atoms with E-state index in [0.717, 1.165) is 51.4 Å². The zero-order chi connectivity index (χ0) is 101. The van der Waals surface area contributed by atoms with Gasteiger partial charge in [-0.3, -0.25) is 0 Å². The van der Waals surface area contributed by atoms with Crippen LogP contribution in [-0.2, 0) is 0 Å². The molecule has 0 radical (unpaired) electrons. The van der Waals surface area contributed by atoms with Crippen LogP contribution in [0.15, 0.2) is 48.5 Å². The van der Waals surface area contributed by atoms with E-state index in [1.54, 1.807) is 24.3 Å². The zero-order valence-corrected chi connectivity index (χ0v) is 93.9. The first-order valence-corrected chi connectivity index (χ1v) is 62.9. The van der Waals surface area contributed by atoms with Gasteiger partial charge in [0.2, 0.25) is 0 Å². The fourth-order valence-corrected chi connectivity index (χ4v) is 24.7. The van der Waals surface area contributed by atoms with Crippen molar-refractivity contribution < 1.29 is 40.9 Å². The molecule has 140 heavy (non-hydrogen) atoms. The number of hydrogen-bond acceptors (Lipinski definition) is 8. The summed E-state index contributed by atoms with van der Waals surface area (Å²) in [5, 5.41) is 105. The highest BCUT2D eigenvalue weighted by molar-refractivity contribution is 5.62. The normalized spacial score (nSPS) is 14.5. The maximum atomic E-state index is 13.1. The molecule has 0 heterocycles. The van der Waals surface area contributed by atoms with Gasteiger partial charge in [-0.25, -0.2) is 0 Å². The van der Waals surface area contributed by atoms with Crippen LogP contribution in [0.3, 0.4) is 0 Å². The highest BCUT2D eigenvalue weighted by atomic mass is 16.3. The summed E-state index contributed by atoms with van der Waals surface area (Å²) in [5.41, 5.74) is 4.91. The molecule has 808 valence electrons. The van der Waals surface area contributed by atoms with Crippen molar-refractivity contribution in [1.82, 2.24) is 0 Å². The molecule has 4 aromatic carbocycles. The van der Waals surface area contributed by atoms with Gasteiger partial charge in [-0.05, 0) is 73.6 Å². The fourth-order valence-electron chi connectivity index (χ4n) is 24.7. The van der Waals surface area contributed by atoms with Gasteiger partial charge >= 0.3 is 0 Å². The van der Waals surface area contributed by atoms with E-state index in [1.807, 2.05) is 24.3 Å². The van der Waals surface area contributed by atoms with Gasteiger partial charge in [-0.2, -0.15) is 0 Å². The van der Waals surface area contributed by atoms with Crippen LogP contribution in [0.2, 0.25) is 0 Å². The van der Waals surface area contributed by atoms with E-state index >= 15 is 0 Å². The molecule has 0 atom stereocenters. The number of rotatable bonds is 96. The number of benzene rings is 4. The van der Waals surface area contributed by atoms with E-state index in [9.17, 15) is 40.9 Å². The van der Waals surface area contributed by atoms with Crippen molar-refractivity contribution in [2.24, 2.45) is 23.7 Å². The summed E-state index contributed by atoms with van der Waals surface area (Å²) < 4.78 is 0. The number of unbranched alkanes of at least 4 members (excludes halogenated alkanes) is 64. The number of hydrogen-bond donors (Lipinski definition) is 8. The Kier molecular flexibility index (Phi) is 76.6. The van der Waals surface area contributed by atoms with Crippen LogP contribution >= 0.6 is 0 Å². The second-order valence-corrected chi connectivity index (χ2v) is 46.2. The van der Waals surface area contributed by atoms with Gasteiger partial charge in [0, 0.05) is 92.4 Å². The number of fused-ring (bicyclic) bond motifs is 8. The molecule has 0 spiro atoms. The Morgan fingerprint density at radius 1 is 0.129 bits per heavy atom. The third-order valence-corrected chi connectivity index (χ3v) is 33.9. The van der Waals surface area contributed by atoms with Crippen molar-refractivity contribution in [1.29, 1.82) is 0 Å². The molecule has 0 fully saturated rings. The third-order valence-electron chi connectivity index (χ3n) is 33.9. The average molecular weight is 1950 g/mol. The molecule has 0 aliphatic heterocycles. The molecule has 1 aliphatic rings. The lowest BCUT2D eigenvalue weighted by Gasteiger charge is -2.30. The summed E-state index contributed by atoms with van der Waals surface area (Å²) in [6.45, 7) is 18.4. The predicted octanol–water partition coefficient (Wildman–Crippen LogP) is 44.7. The Bertz CT molecular complexity index is 2880. The minimum atomic E-state index is -0.583. The first-order chi connectivity index (χ1) is 68.7. The van der Waals surface area contributed by atoms with Gasteiger partial charge in [0.1, 0.15) is 46.0 Å². The zero-order valence-electron chi connectivity index (χ0n) is 93.9. The van der Waals surface area contributed by atoms with Crippen molar-refractivity contribution in [3.8, 4) is 46.0 Å². The molecule has 0 amide bonds. The molecule has 8 N–H and O–H groups in total. The van der Waals surface area contributed by atoms with Crippen LogP contribution in [0.5, 0.6) is 46.0 Å². The number of aromatic hydroxyl groups is 8. The molecule has 8 nitrogen and oxygen atoms in total. The Hall–Kier alpha value is -4.72. The Labute approximate surface area is 867 Å². The Balaban J connectivity index is 1.78. The summed E-state index contributed by atoms with van der Waals surface area (Å²) in [6.07, 6.45) is 113. The molecule has 0 saturated carbocycles. The van der Waals surface area contributed by atoms with E-state index < -0.39 is 23.7 Å². The fraction of sp³-hybridized carbons (Fsp3) is 0.818. The highest BCUT2D eigenvalue weighted by Crippen LogP contribution is 2.54. The Morgan fingerprint density at radius 3 is 0.329 bits per heavy atom. The SMILES string of the molecule is CCCCCCCCCCCC(CCCCCCCCCCC)CCCC1c2cc(c(O)cc2O)C(CCCC(CCCCCCCCCCC)CCCCCCCCCCC)c2cc(c(O)cc2O)C(CCCC(CCCCCCCCCCC)CCCCCCCCCCC)c2cc(c(O)cc2O)C(CCCC(CCCCCCCCCCC)CCCCCCCCCCC)c2cc1c(O)cc2O. The lowest BCUT2D eigenvalue weighted by atomic mass is 9.75. The van der Waals surface area contributed by atoms with Crippen LogP contribution < -0.4 is 0 Å². The molecular weight excluding hydrogens is 1710 g/mol. The van der Waals surface area contributed by atoms with Crippen LogP contribution in [0.1, 0.15) is 714 Å². The minimum absolute atomic E-state index is 0.0417. The highest BCUT2D eigenvalue weighted by Gasteiger charge is 2.35. The van der Waals surface area contributed by atoms with Crippen LogP contribution in [0.25, 0.3) is 0 Å². The topological polar surface area (TPSA) is 162 Å². The maximum Gasteiger partial charge on any atom is 0.123 e. The minimum Gasteiger partial charge on any atom is -0.508 e. The molecule has 5 rings (SSSR count). The lowest BCUT2D eigenvalue weighted by Crippen LogP contribution is -2.12. The molecule has 0 aromatic heterocycles. The summed E-state index contributed by atoms with van der Waals surface area (Å²) in [5.74, 6) is -0.542. The second-order valence-electron chi connectivity index (χ2n) is 46.2. The van der Waals surface area contributed by atoms with Gasteiger partial charge < -0.3 is 40.9 Å². The number of phenols is 8. The molecule has 4 aromatic rings. The van der Waals surface area contributed by atoms with Gasteiger partial charge in [0.25, 0.3) is 0 Å². The van der Waals surface area contributed by atoms with Crippen molar-refractivity contribution in [3.05, 3.63) is 93.0 Å². The summed E-state index contributed by atoms with van der Waals surface area (Å²) in [4.78, 5) is 0. The van der Waals surface area contributed by atoms with Gasteiger partial charge in [0.15, 0.2) is 0 Å². The van der Waals surface area contributed by atoms with Gasteiger partial charge in [-0.1, -0.05) is 620 Å². The Morgan fingerprint density at radius 2 is 0.221 bits per heavy atom. The standard InChI is InChI=1S/C132H232O8/c1-9-17-25-33-41-49-57-65-73-85-109(86-74-66-58-50-42-34-26-18-10-2)93-81-97-113-117-101-119(127(135)105-125(117)133)114(98-82-94-110(87-75-67-59-51-43-35-27-19-11-3)88-76-68-60-52-44-36-28-20-12-4)121-103-123(131(139)107-129(121)137)116(100-84-96-112(91-79-71-63-55-47-39-31-23-15-7)92-80-72-64-56-48-40-32-24-16-8)124-104-122(130(138)108-132(124)140)115(120-102-118(113)126(134)106-128(120)136)99-83-95-111(89-77-69-61-53-45-37-29-21-13-5)90-78-70-62-54-46-38-30-22-14-6/h101-116,133-140H,9-100H2,1-8H3.